The molecule has 2 rings (SSSR count). The SMILES string of the molecule is CC(O)CCNC(=O)CC1CC2CCC(C1)N2.Cl. The Hall–Kier alpha value is -0.320. The van der Waals surface area contributed by atoms with Crippen LogP contribution in [0.2, 0.25) is 0 Å². The molecule has 0 saturated carbocycles. The van der Waals surface area contributed by atoms with Crippen LogP contribution in [0.3, 0.4) is 0 Å². The molecule has 106 valence electrons. The largest absolute Gasteiger partial charge is 0.393 e. The summed E-state index contributed by atoms with van der Waals surface area (Å²) in [7, 11) is 0. The van der Waals surface area contributed by atoms with E-state index in [0.717, 1.165) is 12.8 Å². The van der Waals surface area contributed by atoms with E-state index in [1.807, 2.05) is 0 Å². The van der Waals surface area contributed by atoms with Crippen LogP contribution in [0, 0.1) is 5.92 Å². The second-order valence-electron chi connectivity index (χ2n) is 5.67. The van der Waals surface area contributed by atoms with Gasteiger partial charge in [0, 0.05) is 25.0 Å². The third kappa shape index (κ3) is 4.75. The quantitative estimate of drug-likeness (QED) is 0.708. The van der Waals surface area contributed by atoms with Crippen molar-refractivity contribution in [1.29, 1.82) is 0 Å². The molecule has 18 heavy (non-hydrogen) atoms. The van der Waals surface area contributed by atoms with E-state index in [-0.39, 0.29) is 24.4 Å². The Morgan fingerprint density at radius 2 is 2.00 bits per heavy atom. The number of aliphatic hydroxyl groups excluding tert-OH is 1. The van der Waals surface area contributed by atoms with E-state index in [0.29, 0.717) is 37.4 Å². The summed E-state index contributed by atoms with van der Waals surface area (Å²) in [6, 6.07) is 1.31. The summed E-state index contributed by atoms with van der Waals surface area (Å²) in [5.74, 6) is 0.706. The molecule has 2 aliphatic heterocycles. The van der Waals surface area contributed by atoms with Crippen LogP contribution in [-0.2, 0) is 4.79 Å². The lowest BCUT2D eigenvalue weighted by Gasteiger charge is -2.28. The molecule has 2 saturated heterocycles. The molecular weight excluding hydrogens is 252 g/mol. The Bertz CT molecular complexity index is 262. The van der Waals surface area contributed by atoms with Crippen LogP contribution in [0.4, 0.5) is 0 Å². The molecule has 3 atom stereocenters. The molecule has 0 radical (unpaired) electrons. The first-order valence-electron chi connectivity index (χ1n) is 6.84. The van der Waals surface area contributed by atoms with E-state index >= 15 is 0 Å². The van der Waals surface area contributed by atoms with Gasteiger partial charge in [-0.15, -0.1) is 12.4 Å². The molecule has 3 N–H and O–H groups in total. The Labute approximate surface area is 115 Å². The molecule has 2 heterocycles. The molecule has 2 bridgehead atoms. The molecule has 0 aromatic heterocycles. The van der Waals surface area contributed by atoms with Gasteiger partial charge in [-0.05, 0) is 44.9 Å². The summed E-state index contributed by atoms with van der Waals surface area (Å²) in [6.07, 6.45) is 5.85. The topological polar surface area (TPSA) is 61.4 Å². The number of hydrogen-bond donors (Lipinski definition) is 3. The number of halogens is 1. The molecule has 1 amide bonds. The van der Waals surface area contributed by atoms with Gasteiger partial charge in [-0.25, -0.2) is 0 Å². The maximum absolute atomic E-state index is 11.7. The summed E-state index contributed by atoms with van der Waals surface area (Å²) >= 11 is 0. The van der Waals surface area contributed by atoms with Gasteiger partial charge >= 0.3 is 0 Å². The maximum Gasteiger partial charge on any atom is 0.220 e. The second kappa shape index (κ2) is 7.31. The number of aliphatic hydroxyl groups is 1. The lowest BCUT2D eigenvalue weighted by Crippen LogP contribution is -2.39. The monoisotopic (exact) mass is 276 g/mol. The number of piperidine rings is 1. The molecule has 2 fully saturated rings. The van der Waals surface area contributed by atoms with Gasteiger partial charge in [0.1, 0.15) is 0 Å². The smallest absolute Gasteiger partial charge is 0.220 e. The van der Waals surface area contributed by atoms with Gasteiger partial charge in [0.05, 0.1) is 6.10 Å². The molecular formula is C13H25ClN2O2. The van der Waals surface area contributed by atoms with E-state index in [1.54, 1.807) is 6.92 Å². The van der Waals surface area contributed by atoms with E-state index in [4.69, 9.17) is 5.11 Å². The zero-order valence-electron chi connectivity index (χ0n) is 11.0. The van der Waals surface area contributed by atoms with Gasteiger partial charge in [-0.2, -0.15) is 0 Å². The van der Waals surface area contributed by atoms with Crippen LogP contribution in [0.15, 0.2) is 0 Å². The number of hydrogen-bond acceptors (Lipinski definition) is 3. The maximum atomic E-state index is 11.7. The number of fused-ring (bicyclic) bond motifs is 2. The highest BCUT2D eigenvalue weighted by Gasteiger charge is 2.33. The Kier molecular flexibility index (Phi) is 6.39. The zero-order chi connectivity index (χ0) is 12.3. The van der Waals surface area contributed by atoms with Crippen LogP contribution >= 0.6 is 12.4 Å². The van der Waals surface area contributed by atoms with E-state index in [2.05, 4.69) is 10.6 Å². The highest BCUT2D eigenvalue weighted by atomic mass is 35.5. The third-order valence-electron chi connectivity index (χ3n) is 3.93. The van der Waals surface area contributed by atoms with Crippen molar-refractivity contribution in [1.82, 2.24) is 10.6 Å². The van der Waals surface area contributed by atoms with Crippen molar-refractivity contribution < 1.29 is 9.90 Å². The van der Waals surface area contributed by atoms with E-state index < -0.39 is 0 Å². The minimum Gasteiger partial charge on any atom is -0.393 e. The lowest BCUT2D eigenvalue weighted by atomic mass is 9.89. The third-order valence-corrected chi connectivity index (χ3v) is 3.93. The van der Waals surface area contributed by atoms with Gasteiger partial charge in [0.2, 0.25) is 5.91 Å². The Morgan fingerprint density at radius 3 is 2.56 bits per heavy atom. The van der Waals surface area contributed by atoms with Crippen molar-refractivity contribution in [3.8, 4) is 0 Å². The number of nitrogens with one attached hydrogen (secondary N) is 2. The molecule has 0 aliphatic carbocycles. The first kappa shape index (κ1) is 15.7. The fourth-order valence-corrected chi connectivity index (χ4v) is 3.10. The zero-order valence-corrected chi connectivity index (χ0v) is 11.8. The van der Waals surface area contributed by atoms with Crippen LogP contribution in [0.5, 0.6) is 0 Å². The molecule has 0 spiro atoms. The second-order valence-corrected chi connectivity index (χ2v) is 5.67. The lowest BCUT2D eigenvalue weighted by molar-refractivity contribution is -0.122. The Balaban J connectivity index is 0.00000162. The summed E-state index contributed by atoms with van der Waals surface area (Å²) in [5, 5.41) is 15.6. The summed E-state index contributed by atoms with van der Waals surface area (Å²) in [6.45, 7) is 2.34. The number of carbonyl (C=O) groups is 1. The van der Waals surface area contributed by atoms with Crippen molar-refractivity contribution in [2.75, 3.05) is 6.54 Å². The van der Waals surface area contributed by atoms with Crippen molar-refractivity contribution >= 4 is 18.3 Å². The fourth-order valence-electron chi connectivity index (χ4n) is 3.10. The number of carbonyl (C=O) groups excluding carboxylic acids is 1. The predicted molar refractivity (Wildman–Crippen MR) is 73.8 cm³/mol. The molecule has 5 heteroatoms. The minimum absolute atomic E-state index is 0. The molecule has 0 aromatic carbocycles. The molecule has 4 nitrogen and oxygen atoms in total. The molecule has 3 unspecified atom stereocenters. The van der Waals surface area contributed by atoms with Crippen molar-refractivity contribution in [2.45, 2.75) is 63.6 Å². The van der Waals surface area contributed by atoms with E-state index in [1.165, 1.54) is 12.8 Å². The average Bonchev–Trinajstić information content (AvgIpc) is 2.57. The fraction of sp³-hybridized carbons (Fsp3) is 0.923. The normalized spacial score (nSPS) is 31.6. The van der Waals surface area contributed by atoms with Crippen LogP contribution in [0.1, 0.15) is 45.4 Å². The van der Waals surface area contributed by atoms with Crippen LogP contribution in [-0.4, -0.2) is 35.7 Å². The molecule has 2 aliphatic rings. The first-order chi connectivity index (χ1) is 8.13. The summed E-state index contributed by atoms with van der Waals surface area (Å²) in [4.78, 5) is 11.7. The van der Waals surface area contributed by atoms with Crippen molar-refractivity contribution in [3.05, 3.63) is 0 Å². The van der Waals surface area contributed by atoms with E-state index in [9.17, 15) is 4.79 Å². The van der Waals surface area contributed by atoms with Gasteiger partial charge in [-0.3, -0.25) is 4.79 Å². The average molecular weight is 277 g/mol. The van der Waals surface area contributed by atoms with Gasteiger partial charge in [0.25, 0.3) is 0 Å². The number of amides is 1. The van der Waals surface area contributed by atoms with Gasteiger partial charge in [0.15, 0.2) is 0 Å². The molecule has 0 aromatic rings. The van der Waals surface area contributed by atoms with Gasteiger partial charge in [-0.1, -0.05) is 0 Å². The minimum atomic E-state index is -0.329. The summed E-state index contributed by atoms with van der Waals surface area (Å²) in [5.41, 5.74) is 0. The summed E-state index contributed by atoms with van der Waals surface area (Å²) < 4.78 is 0. The first-order valence-corrected chi connectivity index (χ1v) is 6.84. The van der Waals surface area contributed by atoms with Gasteiger partial charge < -0.3 is 15.7 Å². The Morgan fingerprint density at radius 1 is 1.39 bits per heavy atom. The highest BCUT2D eigenvalue weighted by Crippen LogP contribution is 2.32. The van der Waals surface area contributed by atoms with Crippen molar-refractivity contribution in [2.24, 2.45) is 5.92 Å². The van der Waals surface area contributed by atoms with Crippen LogP contribution in [0.25, 0.3) is 0 Å². The van der Waals surface area contributed by atoms with Crippen LogP contribution < -0.4 is 10.6 Å². The van der Waals surface area contributed by atoms with Crippen molar-refractivity contribution in [3.63, 3.8) is 0 Å². The standard InChI is InChI=1S/C13H24N2O2.ClH/c1-9(16)4-5-14-13(17)8-10-6-11-2-3-12(7-10)15-11;/h9-12,15-16H,2-8H2,1H3,(H,14,17);1H. The number of rotatable bonds is 5. The highest BCUT2D eigenvalue weighted by molar-refractivity contribution is 5.85. The predicted octanol–water partition coefficient (Wildman–Crippen LogP) is 1.22.